The van der Waals surface area contributed by atoms with Gasteiger partial charge in [0.25, 0.3) is 5.91 Å². The van der Waals surface area contributed by atoms with E-state index in [0.29, 0.717) is 11.4 Å². The Hall–Kier alpha value is -2.44. The van der Waals surface area contributed by atoms with Gasteiger partial charge in [-0.15, -0.1) is 11.3 Å². The summed E-state index contributed by atoms with van der Waals surface area (Å²) in [7, 11) is 0. The molecule has 0 aliphatic heterocycles. The largest absolute Gasteiger partial charge is 0.322 e. The lowest BCUT2D eigenvalue weighted by Gasteiger charge is -2.06. The number of hydrogen-bond donors (Lipinski definition) is 3. The summed E-state index contributed by atoms with van der Waals surface area (Å²) in [6.07, 6.45) is 1.48. The standard InChI is InChI=1S/C14H12N4OS/c15-18-13-4-1-10(8-16-13)14(19)17-11-2-3-12-9(7-11)5-6-20-12/h1-8H,15H2,(H,16,18)(H,17,19). The van der Waals surface area contributed by atoms with E-state index in [1.807, 2.05) is 29.6 Å². The van der Waals surface area contributed by atoms with E-state index in [1.165, 1.54) is 10.9 Å². The molecule has 0 saturated heterocycles. The van der Waals surface area contributed by atoms with Gasteiger partial charge in [0.1, 0.15) is 5.82 Å². The van der Waals surface area contributed by atoms with Crippen LogP contribution in [0, 0.1) is 0 Å². The van der Waals surface area contributed by atoms with Crippen molar-refractivity contribution in [3.05, 3.63) is 53.5 Å². The number of carbonyl (C=O) groups excluding carboxylic acids is 1. The molecule has 1 aromatic carbocycles. The molecule has 0 spiro atoms. The molecule has 0 aliphatic rings. The fraction of sp³-hybridized carbons (Fsp3) is 0. The molecule has 2 heterocycles. The molecule has 0 unspecified atom stereocenters. The number of aromatic nitrogens is 1. The van der Waals surface area contributed by atoms with Gasteiger partial charge in [0.05, 0.1) is 5.56 Å². The van der Waals surface area contributed by atoms with Gasteiger partial charge in [-0.3, -0.25) is 4.79 Å². The molecule has 6 heteroatoms. The van der Waals surface area contributed by atoms with Gasteiger partial charge in [-0.2, -0.15) is 0 Å². The van der Waals surface area contributed by atoms with Crippen molar-refractivity contribution >= 4 is 38.8 Å². The number of carbonyl (C=O) groups is 1. The van der Waals surface area contributed by atoms with E-state index in [1.54, 1.807) is 23.5 Å². The fourth-order valence-electron chi connectivity index (χ4n) is 1.86. The van der Waals surface area contributed by atoms with Crippen molar-refractivity contribution in [2.45, 2.75) is 0 Å². The molecular weight excluding hydrogens is 272 g/mol. The zero-order valence-electron chi connectivity index (χ0n) is 10.5. The van der Waals surface area contributed by atoms with Crippen LogP contribution in [0.3, 0.4) is 0 Å². The molecule has 0 bridgehead atoms. The highest BCUT2D eigenvalue weighted by molar-refractivity contribution is 7.17. The van der Waals surface area contributed by atoms with E-state index in [0.717, 1.165) is 11.1 Å². The van der Waals surface area contributed by atoms with Crippen LogP contribution in [0.25, 0.3) is 10.1 Å². The van der Waals surface area contributed by atoms with Gasteiger partial charge in [0.2, 0.25) is 0 Å². The summed E-state index contributed by atoms with van der Waals surface area (Å²) < 4.78 is 1.20. The smallest absolute Gasteiger partial charge is 0.257 e. The van der Waals surface area contributed by atoms with Crippen LogP contribution < -0.4 is 16.6 Å². The average molecular weight is 284 g/mol. The van der Waals surface area contributed by atoms with Crippen LogP contribution >= 0.6 is 11.3 Å². The summed E-state index contributed by atoms with van der Waals surface area (Å²) in [5, 5.41) is 6.00. The number of hydrogen-bond acceptors (Lipinski definition) is 5. The number of benzene rings is 1. The quantitative estimate of drug-likeness (QED) is 0.510. The maximum Gasteiger partial charge on any atom is 0.257 e. The van der Waals surface area contributed by atoms with E-state index in [9.17, 15) is 4.79 Å². The number of nitrogens with one attached hydrogen (secondary N) is 2. The maximum absolute atomic E-state index is 12.1. The zero-order valence-corrected chi connectivity index (χ0v) is 11.3. The monoisotopic (exact) mass is 284 g/mol. The molecule has 5 nitrogen and oxygen atoms in total. The van der Waals surface area contributed by atoms with Crippen molar-refractivity contribution in [3.63, 3.8) is 0 Å². The van der Waals surface area contributed by atoms with Gasteiger partial charge in [0, 0.05) is 16.6 Å². The van der Waals surface area contributed by atoms with Crippen molar-refractivity contribution in [3.8, 4) is 0 Å². The van der Waals surface area contributed by atoms with Crippen molar-refractivity contribution in [1.82, 2.24) is 4.98 Å². The molecule has 0 fully saturated rings. The Morgan fingerprint density at radius 2 is 2.10 bits per heavy atom. The zero-order chi connectivity index (χ0) is 13.9. The highest BCUT2D eigenvalue weighted by Gasteiger charge is 2.07. The molecule has 0 aliphatic carbocycles. The van der Waals surface area contributed by atoms with Crippen molar-refractivity contribution in [2.24, 2.45) is 5.84 Å². The van der Waals surface area contributed by atoms with Gasteiger partial charge in [-0.1, -0.05) is 0 Å². The molecule has 4 N–H and O–H groups in total. The summed E-state index contributed by atoms with van der Waals surface area (Å²) in [4.78, 5) is 16.1. The molecule has 100 valence electrons. The van der Waals surface area contributed by atoms with Crippen LogP contribution in [-0.4, -0.2) is 10.9 Å². The third kappa shape index (κ3) is 2.47. The third-order valence-electron chi connectivity index (χ3n) is 2.88. The second kappa shape index (κ2) is 5.28. The number of fused-ring (bicyclic) bond motifs is 1. The van der Waals surface area contributed by atoms with Crippen LogP contribution in [0.5, 0.6) is 0 Å². The minimum atomic E-state index is -0.198. The van der Waals surface area contributed by atoms with E-state index in [-0.39, 0.29) is 5.91 Å². The lowest BCUT2D eigenvalue weighted by molar-refractivity contribution is 0.102. The Labute approximate surface area is 119 Å². The normalized spacial score (nSPS) is 10.4. The Morgan fingerprint density at radius 3 is 2.85 bits per heavy atom. The van der Waals surface area contributed by atoms with Gasteiger partial charge in [-0.25, -0.2) is 10.8 Å². The Morgan fingerprint density at radius 1 is 1.20 bits per heavy atom. The Kier molecular flexibility index (Phi) is 3.32. The van der Waals surface area contributed by atoms with E-state index >= 15 is 0 Å². The number of hydrazine groups is 1. The summed E-state index contributed by atoms with van der Waals surface area (Å²) in [5.74, 6) is 5.55. The van der Waals surface area contributed by atoms with Crippen molar-refractivity contribution in [2.75, 3.05) is 10.7 Å². The van der Waals surface area contributed by atoms with Crippen molar-refractivity contribution in [1.29, 1.82) is 0 Å². The number of nitrogens with zero attached hydrogens (tertiary/aromatic N) is 1. The number of nitrogens with two attached hydrogens (primary N) is 1. The van der Waals surface area contributed by atoms with Gasteiger partial charge < -0.3 is 10.7 Å². The molecule has 0 atom stereocenters. The number of anilines is 2. The molecular formula is C14H12N4OS. The van der Waals surface area contributed by atoms with Crippen molar-refractivity contribution < 1.29 is 4.79 Å². The first-order valence-corrected chi connectivity index (χ1v) is 6.85. The lowest BCUT2D eigenvalue weighted by atomic mass is 10.2. The molecule has 3 aromatic rings. The van der Waals surface area contributed by atoms with Crippen LogP contribution in [0.1, 0.15) is 10.4 Å². The predicted molar refractivity (Wildman–Crippen MR) is 81.8 cm³/mol. The Balaban J connectivity index is 1.80. The highest BCUT2D eigenvalue weighted by atomic mass is 32.1. The second-order valence-corrected chi connectivity index (χ2v) is 5.15. The molecule has 20 heavy (non-hydrogen) atoms. The molecule has 1 amide bonds. The summed E-state index contributed by atoms with van der Waals surface area (Å²) in [6.45, 7) is 0. The first-order valence-electron chi connectivity index (χ1n) is 5.97. The second-order valence-electron chi connectivity index (χ2n) is 4.20. The number of pyridine rings is 1. The predicted octanol–water partition coefficient (Wildman–Crippen LogP) is 2.83. The summed E-state index contributed by atoms with van der Waals surface area (Å²) in [6, 6.07) is 11.2. The van der Waals surface area contributed by atoms with Gasteiger partial charge >= 0.3 is 0 Å². The van der Waals surface area contributed by atoms with Crippen LogP contribution in [0.4, 0.5) is 11.5 Å². The minimum Gasteiger partial charge on any atom is -0.322 e. The molecule has 3 rings (SSSR count). The number of nitrogen functional groups attached to an aromatic ring is 1. The fourth-order valence-corrected chi connectivity index (χ4v) is 2.63. The first-order chi connectivity index (χ1) is 9.76. The SMILES string of the molecule is NNc1ccc(C(=O)Nc2ccc3sccc3c2)cn1. The topological polar surface area (TPSA) is 80.0 Å². The minimum absolute atomic E-state index is 0.198. The maximum atomic E-state index is 12.1. The summed E-state index contributed by atoms with van der Waals surface area (Å²) >= 11 is 1.67. The van der Waals surface area contributed by atoms with Crippen LogP contribution in [0.2, 0.25) is 0 Å². The van der Waals surface area contributed by atoms with Crippen LogP contribution in [0.15, 0.2) is 48.0 Å². The number of amides is 1. The lowest BCUT2D eigenvalue weighted by Crippen LogP contribution is -2.13. The highest BCUT2D eigenvalue weighted by Crippen LogP contribution is 2.24. The van der Waals surface area contributed by atoms with E-state index in [4.69, 9.17) is 5.84 Å². The number of rotatable bonds is 3. The van der Waals surface area contributed by atoms with E-state index in [2.05, 4.69) is 15.7 Å². The molecule has 0 saturated carbocycles. The van der Waals surface area contributed by atoms with E-state index < -0.39 is 0 Å². The third-order valence-corrected chi connectivity index (χ3v) is 3.78. The molecule has 2 aromatic heterocycles. The first kappa shape index (κ1) is 12.6. The Bertz CT molecular complexity index is 751. The average Bonchev–Trinajstić information content (AvgIpc) is 2.95. The van der Waals surface area contributed by atoms with Crippen LogP contribution in [-0.2, 0) is 0 Å². The molecule has 0 radical (unpaired) electrons. The number of thiophene rings is 1. The summed E-state index contributed by atoms with van der Waals surface area (Å²) in [5.41, 5.74) is 3.66. The van der Waals surface area contributed by atoms with Gasteiger partial charge in [0.15, 0.2) is 0 Å². The van der Waals surface area contributed by atoms with Gasteiger partial charge in [-0.05, 0) is 47.2 Å².